The summed E-state index contributed by atoms with van der Waals surface area (Å²) in [5, 5.41) is 18.4. The highest BCUT2D eigenvalue weighted by Crippen LogP contribution is 2.38. The van der Waals surface area contributed by atoms with Crippen LogP contribution in [0.3, 0.4) is 0 Å². The van der Waals surface area contributed by atoms with Crippen LogP contribution in [0.25, 0.3) is 0 Å². The lowest BCUT2D eigenvalue weighted by Crippen LogP contribution is -2.42. The molecule has 0 heterocycles. The smallest absolute Gasteiger partial charge is 0.269 e. The molecule has 7 heteroatoms. The highest BCUT2D eigenvalue weighted by Gasteiger charge is 2.35. The van der Waals surface area contributed by atoms with Crippen LogP contribution in [-0.4, -0.2) is 22.3 Å². The Balaban J connectivity index is 1.48. The van der Waals surface area contributed by atoms with E-state index in [1.807, 2.05) is 0 Å². The second kappa shape index (κ2) is 6.23. The van der Waals surface area contributed by atoms with E-state index in [-0.39, 0.29) is 5.69 Å². The van der Waals surface area contributed by atoms with Gasteiger partial charge in [-0.2, -0.15) is 5.10 Å². The van der Waals surface area contributed by atoms with Crippen molar-refractivity contribution in [1.29, 1.82) is 0 Å². The summed E-state index contributed by atoms with van der Waals surface area (Å²) in [4.78, 5) is 10.1. The third kappa shape index (κ3) is 3.30. The van der Waals surface area contributed by atoms with Gasteiger partial charge >= 0.3 is 0 Å². The zero-order valence-corrected chi connectivity index (χ0v) is 12.6. The highest BCUT2D eigenvalue weighted by molar-refractivity contribution is 7.80. The van der Waals surface area contributed by atoms with Crippen molar-refractivity contribution < 1.29 is 4.92 Å². The zero-order chi connectivity index (χ0) is 15.5. The summed E-state index contributed by atoms with van der Waals surface area (Å²) in [6, 6.07) is 6.56. The van der Waals surface area contributed by atoms with Gasteiger partial charge in [0, 0.05) is 18.2 Å². The van der Waals surface area contributed by atoms with Gasteiger partial charge in [0.05, 0.1) is 11.1 Å². The first-order valence-electron chi connectivity index (χ1n) is 7.14. The zero-order valence-electron chi connectivity index (χ0n) is 11.8. The molecule has 0 unspecified atom stereocenters. The second-order valence-electron chi connectivity index (χ2n) is 5.58. The third-order valence-corrected chi connectivity index (χ3v) is 4.29. The fraction of sp³-hybridized carbons (Fsp3) is 0.333. The minimum atomic E-state index is -0.429. The fourth-order valence-electron chi connectivity index (χ4n) is 2.99. The molecule has 2 aliphatic carbocycles. The molecule has 0 radical (unpaired) electrons. The SMILES string of the molecule is O=[N+]([O-])c1ccc(/C=N\NC(=S)N[C@@H]2C[C@H]3C=C[C@@H]2C3)cc1. The summed E-state index contributed by atoms with van der Waals surface area (Å²) in [5.74, 6) is 1.26. The number of nitrogens with one attached hydrogen (secondary N) is 2. The number of nitro groups is 1. The lowest BCUT2D eigenvalue weighted by Gasteiger charge is -2.20. The molecule has 6 nitrogen and oxygen atoms in total. The molecule has 2 N–H and O–H groups in total. The van der Waals surface area contributed by atoms with Crippen molar-refractivity contribution in [3.8, 4) is 0 Å². The number of hydrogen-bond acceptors (Lipinski definition) is 4. The van der Waals surface area contributed by atoms with Crippen molar-refractivity contribution in [2.24, 2.45) is 16.9 Å². The van der Waals surface area contributed by atoms with Crippen molar-refractivity contribution in [2.75, 3.05) is 0 Å². The van der Waals surface area contributed by atoms with Gasteiger partial charge < -0.3 is 5.32 Å². The highest BCUT2D eigenvalue weighted by atomic mass is 32.1. The number of rotatable bonds is 4. The molecule has 0 amide bonds. The molecule has 1 fully saturated rings. The average molecular weight is 316 g/mol. The summed E-state index contributed by atoms with van der Waals surface area (Å²) in [5.41, 5.74) is 3.62. The minimum absolute atomic E-state index is 0.0617. The van der Waals surface area contributed by atoms with Gasteiger partial charge in [0.15, 0.2) is 5.11 Å². The van der Waals surface area contributed by atoms with Crippen molar-refractivity contribution in [3.05, 3.63) is 52.1 Å². The molecule has 0 saturated heterocycles. The summed E-state index contributed by atoms with van der Waals surface area (Å²) in [7, 11) is 0. The average Bonchev–Trinajstić information content (AvgIpc) is 3.10. The molecule has 1 aromatic carbocycles. The van der Waals surface area contributed by atoms with Crippen LogP contribution in [-0.2, 0) is 0 Å². The van der Waals surface area contributed by atoms with Gasteiger partial charge in [-0.1, -0.05) is 12.2 Å². The van der Waals surface area contributed by atoms with E-state index in [4.69, 9.17) is 12.2 Å². The van der Waals surface area contributed by atoms with Gasteiger partial charge in [-0.3, -0.25) is 15.5 Å². The number of hydrogen-bond donors (Lipinski definition) is 2. The van der Waals surface area contributed by atoms with E-state index < -0.39 is 4.92 Å². The number of allylic oxidation sites excluding steroid dienone is 1. The first-order chi connectivity index (χ1) is 10.6. The largest absolute Gasteiger partial charge is 0.358 e. The van der Waals surface area contributed by atoms with Crippen molar-refractivity contribution >= 4 is 29.2 Å². The molecule has 3 atom stereocenters. The molecule has 0 aromatic heterocycles. The van der Waals surface area contributed by atoms with Crippen LogP contribution in [0.1, 0.15) is 18.4 Å². The van der Waals surface area contributed by atoms with E-state index in [1.165, 1.54) is 18.6 Å². The van der Waals surface area contributed by atoms with Gasteiger partial charge in [-0.25, -0.2) is 0 Å². The molecule has 1 aromatic rings. The van der Waals surface area contributed by atoms with Crippen molar-refractivity contribution in [3.63, 3.8) is 0 Å². The second-order valence-corrected chi connectivity index (χ2v) is 5.99. The maximum Gasteiger partial charge on any atom is 0.269 e. The van der Waals surface area contributed by atoms with Crippen molar-refractivity contribution in [2.45, 2.75) is 18.9 Å². The Bertz CT molecular complexity index is 641. The van der Waals surface area contributed by atoms with Crippen LogP contribution >= 0.6 is 12.2 Å². The van der Waals surface area contributed by atoms with Gasteiger partial charge in [-0.15, -0.1) is 0 Å². The van der Waals surface area contributed by atoms with Crippen LogP contribution in [0.4, 0.5) is 5.69 Å². The first-order valence-corrected chi connectivity index (χ1v) is 7.55. The Morgan fingerprint density at radius 2 is 2.09 bits per heavy atom. The number of thiocarbonyl (C=S) groups is 1. The monoisotopic (exact) mass is 316 g/mol. The fourth-order valence-corrected chi connectivity index (χ4v) is 3.20. The molecular formula is C15H16N4O2S. The number of benzene rings is 1. The van der Waals surface area contributed by atoms with E-state index in [0.717, 1.165) is 12.0 Å². The molecule has 0 aliphatic heterocycles. The minimum Gasteiger partial charge on any atom is -0.358 e. The summed E-state index contributed by atoms with van der Waals surface area (Å²) >= 11 is 5.23. The van der Waals surface area contributed by atoms with E-state index in [1.54, 1.807) is 18.3 Å². The Labute approximate surface area is 133 Å². The van der Waals surface area contributed by atoms with Crippen LogP contribution in [0.15, 0.2) is 41.5 Å². The molecule has 2 aliphatic rings. The number of nitro benzene ring substituents is 1. The Hall–Kier alpha value is -2.28. The van der Waals surface area contributed by atoms with Crippen LogP contribution < -0.4 is 10.7 Å². The predicted octanol–water partition coefficient (Wildman–Crippen LogP) is 2.36. The Morgan fingerprint density at radius 1 is 1.32 bits per heavy atom. The predicted molar refractivity (Wildman–Crippen MR) is 88.7 cm³/mol. The van der Waals surface area contributed by atoms with Crippen LogP contribution in [0.2, 0.25) is 0 Å². The molecule has 2 bridgehead atoms. The Kier molecular flexibility index (Phi) is 4.15. The Morgan fingerprint density at radius 3 is 2.68 bits per heavy atom. The molecule has 22 heavy (non-hydrogen) atoms. The van der Waals surface area contributed by atoms with E-state index in [9.17, 15) is 10.1 Å². The first kappa shape index (κ1) is 14.6. The normalized spacial score (nSPS) is 25.5. The third-order valence-electron chi connectivity index (χ3n) is 4.08. The van der Waals surface area contributed by atoms with Gasteiger partial charge in [0.1, 0.15) is 0 Å². The summed E-state index contributed by atoms with van der Waals surface area (Å²) in [6.07, 6.45) is 8.46. The molecular weight excluding hydrogens is 300 g/mol. The maximum atomic E-state index is 10.6. The topological polar surface area (TPSA) is 79.6 Å². The molecule has 3 rings (SSSR count). The lowest BCUT2D eigenvalue weighted by molar-refractivity contribution is -0.384. The molecule has 1 saturated carbocycles. The quantitative estimate of drug-likeness (QED) is 0.293. The van der Waals surface area contributed by atoms with Gasteiger partial charge in [0.2, 0.25) is 0 Å². The lowest BCUT2D eigenvalue weighted by atomic mass is 10.0. The van der Waals surface area contributed by atoms with Gasteiger partial charge in [-0.05, 0) is 54.6 Å². The maximum absolute atomic E-state index is 10.6. The van der Waals surface area contributed by atoms with Crippen LogP contribution in [0, 0.1) is 22.0 Å². The summed E-state index contributed by atoms with van der Waals surface area (Å²) < 4.78 is 0. The number of hydrazone groups is 1. The van der Waals surface area contributed by atoms with Crippen molar-refractivity contribution in [1.82, 2.24) is 10.7 Å². The number of nitrogens with zero attached hydrogens (tertiary/aromatic N) is 2. The molecule has 0 spiro atoms. The standard InChI is InChI=1S/C15H16N4O2S/c20-19(21)13-5-2-10(3-6-13)9-16-18-15(22)17-14-8-11-1-4-12(14)7-11/h1-6,9,11-12,14H,7-8H2,(H2,17,18,22)/b16-9-/t11-,12+,14+/m0/s1. The van der Waals surface area contributed by atoms with E-state index in [2.05, 4.69) is 28.0 Å². The van der Waals surface area contributed by atoms with Crippen LogP contribution in [0.5, 0.6) is 0 Å². The summed E-state index contributed by atoms with van der Waals surface area (Å²) in [6.45, 7) is 0. The number of fused-ring (bicyclic) bond motifs is 2. The van der Waals surface area contributed by atoms with Gasteiger partial charge in [0.25, 0.3) is 5.69 Å². The molecule has 114 valence electrons. The number of non-ortho nitro benzene ring substituents is 1. The van der Waals surface area contributed by atoms with E-state index >= 15 is 0 Å². The van der Waals surface area contributed by atoms with E-state index in [0.29, 0.717) is 23.0 Å².